The molecule has 0 aromatic heterocycles. The van der Waals surface area contributed by atoms with Gasteiger partial charge in [0, 0.05) is 18.2 Å². The third-order valence-corrected chi connectivity index (χ3v) is 5.42. The summed E-state index contributed by atoms with van der Waals surface area (Å²) < 4.78 is 0. The third-order valence-electron chi connectivity index (χ3n) is 4.32. The minimum atomic E-state index is -0.403. The molecule has 1 aliphatic rings. The Bertz CT molecular complexity index is 607. The SMILES string of the molecule is CC(C)CCSc1ccc(C(=O)NCC2CCCNC2)cc1[N+](=O)[O-].Cl. The summed E-state index contributed by atoms with van der Waals surface area (Å²) in [5.41, 5.74) is 0.365. The van der Waals surface area contributed by atoms with Crippen LogP contribution in [-0.4, -0.2) is 36.2 Å². The van der Waals surface area contributed by atoms with Crippen LogP contribution in [0.15, 0.2) is 23.1 Å². The van der Waals surface area contributed by atoms with Crippen LogP contribution in [0.2, 0.25) is 0 Å². The molecule has 1 aromatic rings. The van der Waals surface area contributed by atoms with Crippen LogP contribution in [0, 0.1) is 22.0 Å². The number of thioether (sulfide) groups is 1. The monoisotopic (exact) mass is 401 g/mol. The highest BCUT2D eigenvalue weighted by atomic mass is 35.5. The zero-order chi connectivity index (χ0) is 18.2. The molecule has 1 amide bonds. The summed E-state index contributed by atoms with van der Waals surface area (Å²) in [4.78, 5) is 23.9. The van der Waals surface area contributed by atoms with Gasteiger partial charge in [0.25, 0.3) is 11.6 Å². The summed E-state index contributed by atoms with van der Waals surface area (Å²) in [6.45, 7) is 6.80. The van der Waals surface area contributed by atoms with E-state index in [1.807, 2.05) is 0 Å². The van der Waals surface area contributed by atoms with Gasteiger partial charge in [-0.25, -0.2) is 0 Å². The lowest BCUT2D eigenvalue weighted by atomic mass is 9.99. The van der Waals surface area contributed by atoms with Crippen LogP contribution in [0.1, 0.15) is 43.5 Å². The standard InChI is InChI=1S/C18H27N3O3S.ClH/c1-13(2)7-9-25-17-6-5-15(10-16(17)21(23)24)18(22)20-12-14-4-3-8-19-11-14;/h5-6,10,13-14,19H,3-4,7-9,11-12H2,1-2H3,(H,20,22);1H. The topological polar surface area (TPSA) is 84.3 Å². The molecule has 1 unspecified atom stereocenters. The van der Waals surface area contributed by atoms with Gasteiger partial charge in [0.1, 0.15) is 0 Å². The summed E-state index contributed by atoms with van der Waals surface area (Å²) in [5.74, 6) is 1.58. The molecule has 1 fully saturated rings. The third kappa shape index (κ3) is 7.13. The van der Waals surface area contributed by atoms with Crippen molar-refractivity contribution in [1.29, 1.82) is 0 Å². The molecule has 6 nitrogen and oxygen atoms in total. The Hall–Kier alpha value is -1.31. The summed E-state index contributed by atoms with van der Waals surface area (Å²) in [6, 6.07) is 4.77. The van der Waals surface area contributed by atoms with Gasteiger partial charge in [-0.05, 0) is 62.1 Å². The Morgan fingerprint density at radius 3 is 2.85 bits per heavy atom. The van der Waals surface area contributed by atoms with Crippen LogP contribution in [0.25, 0.3) is 0 Å². The van der Waals surface area contributed by atoms with E-state index in [4.69, 9.17) is 0 Å². The lowest BCUT2D eigenvalue weighted by Gasteiger charge is -2.22. The van der Waals surface area contributed by atoms with Gasteiger partial charge in [-0.2, -0.15) is 0 Å². The molecule has 0 spiro atoms. The van der Waals surface area contributed by atoms with Crippen molar-refractivity contribution < 1.29 is 9.72 Å². The fraction of sp³-hybridized carbons (Fsp3) is 0.611. The number of nitro benzene ring substituents is 1. The highest BCUT2D eigenvalue weighted by molar-refractivity contribution is 7.99. The van der Waals surface area contributed by atoms with Crippen molar-refractivity contribution >= 4 is 35.8 Å². The van der Waals surface area contributed by atoms with E-state index in [1.54, 1.807) is 12.1 Å². The Morgan fingerprint density at radius 1 is 1.46 bits per heavy atom. The number of nitrogens with zero attached hydrogens (tertiary/aromatic N) is 1. The van der Waals surface area contributed by atoms with E-state index in [1.165, 1.54) is 17.8 Å². The molecule has 2 rings (SSSR count). The fourth-order valence-electron chi connectivity index (χ4n) is 2.77. The summed E-state index contributed by atoms with van der Waals surface area (Å²) in [7, 11) is 0. The lowest BCUT2D eigenvalue weighted by molar-refractivity contribution is -0.387. The maximum absolute atomic E-state index is 12.3. The van der Waals surface area contributed by atoms with Gasteiger partial charge in [0.05, 0.1) is 9.82 Å². The Kier molecular flexibility index (Phi) is 9.98. The minimum Gasteiger partial charge on any atom is -0.352 e. The molecule has 1 atom stereocenters. The van der Waals surface area contributed by atoms with E-state index in [9.17, 15) is 14.9 Å². The molecule has 0 aliphatic carbocycles. The number of carbonyl (C=O) groups is 1. The zero-order valence-corrected chi connectivity index (χ0v) is 17.0. The van der Waals surface area contributed by atoms with Crippen molar-refractivity contribution in [3.8, 4) is 0 Å². The van der Waals surface area contributed by atoms with Crippen molar-refractivity contribution in [2.24, 2.45) is 11.8 Å². The maximum atomic E-state index is 12.3. The molecule has 0 bridgehead atoms. The number of hydrogen-bond donors (Lipinski definition) is 2. The van der Waals surface area contributed by atoms with Gasteiger partial charge in [-0.1, -0.05) is 13.8 Å². The number of nitro groups is 1. The number of nitrogens with one attached hydrogen (secondary N) is 2. The van der Waals surface area contributed by atoms with Crippen LogP contribution < -0.4 is 10.6 Å². The Labute approximate surface area is 165 Å². The highest BCUT2D eigenvalue weighted by Crippen LogP contribution is 2.31. The smallest absolute Gasteiger partial charge is 0.283 e. The van der Waals surface area contributed by atoms with Crippen LogP contribution in [0.5, 0.6) is 0 Å². The summed E-state index contributed by atoms with van der Waals surface area (Å²) in [5, 5.41) is 17.6. The fourth-order valence-corrected chi connectivity index (χ4v) is 4.02. The second-order valence-electron chi connectivity index (χ2n) is 6.89. The van der Waals surface area contributed by atoms with Crippen molar-refractivity contribution in [2.75, 3.05) is 25.4 Å². The molecular weight excluding hydrogens is 374 g/mol. The van der Waals surface area contributed by atoms with Gasteiger partial charge >= 0.3 is 0 Å². The number of rotatable bonds is 8. The van der Waals surface area contributed by atoms with E-state index >= 15 is 0 Å². The van der Waals surface area contributed by atoms with Crippen molar-refractivity contribution in [3.63, 3.8) is 0 Å². The largest absolute Gasteiger partial charge is 0.352 e. The average molecular weight is 402 g/mol. The first-order valence-corrected chi connectivity index (χ1v) is 9.86. The van der Waals surface area contributed by atoms with E-state index < -0.39 is 4.92 Å². The van der Waals surface area contributed by atoms with Crippen LogP contribution in [-0.2, 0) is 0 Å². The first-order valence-electron chi connectivity index (χ1n) is 8.87. The molecule has 146 valence electrons. The number of hydrogen-bond acceptors (Lipinski definition) is 5. The number of piperidine rings is 1. The predicted octanol–water partition coefficient (Wildman–Crippen LogP) is 3.88. The Balaban J connectivity index is 0.00000338. The zero-order valence-electron chi connectivity index (χ0n) is 15.3. The summed E-state index contributed by atoms with van der Waals surface area (Å²) >= 11 is 1.48. The van der Waals surface area contributed by atoms with E-state index in [0.29, 0.717) is 28.8 Å². The molecule has 0 saturated carbocycles. The molecule has 1 saturated heterocycles. The van der Waals surface area contributed by atoms with Crippen molar-refractivity contribution in [2.45, 2.75) is 38.0 Å². The molecule has 1 aromatic carbocycles. The van der Waals surface area contributed by atoms with Gasteiger partial charge in [-0.15, -0.1) is 24.2 Å². The Morgan fingerprint density at radius 2 is 2.23 bits per heavy atom. The number of amides is 1. The minimum absolute atomic E-state index is 0. The average Bonchev–Trinajstić information content (AvgIpc) is 2.60. The van der Waals surface area contributed by atoms with Gasteiger partial charge in [0.2, 0.25) is 0 Å². The number of halogens is 1. The van der Waals surface area contributed by atoms with Crippen LogP contribution in [0.3, 0.4) is 0 Å². The molecule has 26 heavy (non-hydrogen) atoms. The molecule has 1 heterocycles. The van der Waals surface area contributed by atoms with Crippen LogP contribution in [0.4, 0.5) is 5.69 Å². The van der Waals surface area contributed by atoms with E-state index in [2.05, 4.69) is 24.5 Å². The molecule has 8 heteroatoms. The normalized spacial score (nSPS) is 16.8. The number of benzene rings is 1. The highest BCUT2D eigenvalue weighted by Gasteiger charge is 2.19. The predicted molar refractivity (Wildman–Crippen MR) is 108 cm³/mol. The molecule has 0 radical (unpaired) electrons. The van der Waals surface area contributed by atoms with Crippen molar-refractivity contribution in [1.82, 2.24) is 10.6 Å². The number of carbonyl (C=O) groups excluding carboxylic acids is 1. The van der Waals surface area contributed by atoms with Gasteiger partial charge in [-0.3, -0.25) is 14.9 Å². The van der Waals surface area contributed by atoms with Gasteiger partial charge in [0.15, 0.2) is 0 Å². The first kappa shape index (κ1) is 22.7. The van der Waals surface area contributed by atoms with Gasteiger partial charge < -0.3 is 10.6 Å². The lowest BCUT2D eigenvalue weighted by Crippen LogP contribution is -2.38. The van der Waals surface area contributed by atoms with E-state index in [-0.39, 0.29) is 24.0 Å². The molecular formula is C18H28ClN3O3S. The first-order chi connectivity index (χ1) is 12.0. The molecule has 1 aliphatic heterocycles. The van der Waals surface area contributed by atoms with E-state index in [0.717, 1.165) is 38.1 Å². The second-order valence-corrected chi connectivity index (χ2v) is 8.03. The maximum Gasteiger partial charge on any atom is 0.283 e. The van der Waals surface area contributed by atoms with Crippen molar-refractivity contribution in [3.05, 3.63) is 33.9 Å². The molecule has 2 N–H and O–H groups in total. The second kappa shape index (κ2) is 11.4. The summed E-state index contributed by atoms with van der Waals surface area (Å²) in [6.07, 6.45) is 3.21. The quantitative estimate of drug-likeness (QED) is 0.392. The van der Waals surface area contributed by atoms with Crippen LogP contribution >= 0.6 is 24.2 Å².